The number of rotatable bonds is 1. The molecule has 34 heavy (non-hydrogen) atoms. The fraction of sp³-hybridized carbons (Fsp3) is 0.370. The molecule has 0 radical (unpaired) electrons. The number of aryl methyl sites for hydroxylation is 1. The standard InChI is InChI=1S/C27H25N5OS/c1-14-4-2-5-16(12-14)20-17(13-28)25-30-24(29)23-21-15-8-10-31(11-9-15)26(21)34-27(23)32(25)18-6-3-7-19(33)22(18)20/h2,4-5,12,15,20H,3,6-11H2,1H3,(H2,29,30)/t20-/m0/s1. The van der Waals surface area contributed by atoms with Gasteiger partial charge in [0.1, 0.15) is 10.8 Å². The average Bonchev–Trinajstić information content (AvgIpc) is 3.27. The molecule has 7 heteroatoms. The number of allylic oxidation sites excluding steroid dienone is 3. The molecular formula is C27H25N5OS. The highest BCUT2D eigenvalue weighted by molar-refractivity contribution is 7.21. The Bertz CT molecular complexity index is 1410. The number of nitriles is 1. The average molecular weight is 468 g/mol. The first-order valence-corrected chi connectivity index (χ1v) is 12.9. The van der Waals surface area contributed by atoms with E-state index in [9.17, 15) is 10.1 Å². The van der Waals surface area contributed by atoms with E-state index < -0.39 is 5.92 Å². The van der Waals surface area contributed by atoms with Crippen LogP contribution in [-0.4, -0.2) is 24.7 Å². The first-order valence-electron chi connectivity index (χ1n) is 12.1. The minimum absolute atomic E-state index is 0.147. The molecule has 0 spiro atoms. The van der Waals surface area contributed by atoms with Crippen molar-refractivity contribution in [1.82, 2.24) is 0 Å². The number of amidine groups is 1. The lowest BCUT2D eigenvalue weighted by atomic mass is 9.75. The maximum Gasteiger partial charge on any atom is 0.161 e. The van der Waals surface area contributed by atoms with Gasteiger partial charge in [-0.2, -0.15) is 5.26 Å². The summed E-state index contributed by atoms with van der Waals surface area (Å²) in [5.41, 5.74) is 13.4. The number of nitrogens with zero attached hydrogens (tertiary/aromatic N) is 4. The molecule has 2 aromatic rings. The summed E-state index contributed by atoms with van der Waals surface area (Å²) < 4.78 is 0. The lowest BCUT2D eigenvalue weighted by molar-refractivity contribution is -0.116. The largest absolute Gasteiger partial charge is 0.383 e. The number of fused-ring (bicyclic) bond motifs is 6. The smallest absolute Gasteiger partial charge is 0.161 e. The van der Waals surface area contributed by atoms with Crippen LogP contribution in [0.25, 0.3) is 0 Å². The molecule has 6 heterocycles. The van der Waals surface area contributed by atoms with Crippen molar-refractivity contribution in [3.8, 4) is 6.07 Å². The summed E-state index contributed by atoms with van der Waals surface area (Å²) in [5.74, 6) is 1.38. The van der Waals surface area contributed by atoms with Gasteiger partial charge in [0.05, 0.1) is 28.1 Å². The number of carbonyl (C=O) groups is 1. The van der Waals surface area contributed by atoms with Crippen LogP contribution in [0.4, 0.5) is 10.0 Å². The quantitative estimate of drug-likeness (QED) is 0.650. The van der Waals surface area contributed by atoms with Gasteiger partial charge in [0.15, 0.2) is 11.6 Å². The van der Waals surface area contributed by atoms with E-state index in [1.807, 2.05) is 25.1 Å². The zero-order valence-electron chi connectivity index (χ0n) is 19.1. The van der Waals surface area contributed by atoms with E-state index in [2.05, 4.69) is 21.9 Å². The summed E-state index contributed by atoms with van der Waals surface area (Å²) in [6.45, 7) is 4.21. The number of anilines is 2. The highest BCUT2D eigenvalue weighted by Crippen LogP contribution is 2.57. The maximum absolute atomic E-state index is 13.4. The van der Waals surface area contributed by atoms with Gasteiger partial charge in [-0.05, 0) is 44.1 Å². The number of carbonyl (C=O) groups excluding carboxylic acids is 1. The van der Waals surface area contributed by atoms with Crippen LogP contribution in [0, 0.1) is 18.3 Å². The van der Waals surface area contributed by atoms with Gasteiger partial charge in [-0.25, -0.2) is 4.99 Å². The third-order valence-corrected chi connectivity index (χ3v) is 9.26. The van der Waals surface area contributed by atoms with E-state index in [0.29, 0.717) is 29.6 Å². The summed E-state index contributed by atoms with van der Waals surface area (Å²) in [4.78, 5) is 22.9. The van der Waals surface area contributed by atoms with Crippen molar-refractivity contribution in [3.05, 3.63) is 69.2 Å². The molecule has 0 unspecified atom stereocenters. The summed E-state index contributed by atoms with van der Waals surface area (Å²) in [6.07, 6.45) is 4.45. The zero-order chi connectivity index (χ0) is 23.1. The van der Waals surface area contributed by atoms with Gasteiger partial charge >= 0.3 is 0 Å². The van der Waals surface area contributed by atoms with Crippen LogP contribution >= 0.6 is 11.3 Å². The predicted molar refractivity (Wildman–Crippen MR) is 134 cm³/mol. The molecule has 5 aliphatic heterocycles. The number of hydrogen-bond donors (Lipinski definition) is 1. The number of ketones is 1. The minimum Gasteiger partial charge on any atom is -0.383 e. The van der Waals surface area contributed by atoms with Crippen LogP contribution in [0.2, 0.25) is 0 Å². The van der Waals surface area contributed by atoms with Gasteiger partial charge in [-0.1, -0.05) is 41.2 Å². The second-order valence-corrected chi connectivity index (χ2v) is 10.9. The number of piperidine rings is 1. The number of thiophene rings is 1. The van der Waals surface area contributed by atoms with Crippen molar-refractivity contribution >= 4 is 33.0 Å². The van der Waals surface area contributed by atoms with Crippen molar-refractivity contribution in [1.29, 1.82) is 5.26 Å². The molecule has 1 aliphatic carbocycles. The monoisotopic (exact) mass is 467 g/mol. The highest BCUT2D eigenvalue weighted by Gasteiger charge is 2.46. The molecule has 2 N–H and O–H groups in total. The lowest BCUT2D eigenvalue weighted by Gasteiger charge is -2.41. The van der Waals surface area contributed by atoms with Gasteiger partial charge in [0, 0.05) is 36.3 Å². The van der Waals surface area contributed by atoms with Gasteiger partial charge in [-0.3, -0.25) is 9.69 Å². The molecule has 1 aromatic carbocycles. The normalized spacial score (nSPS) is 23.4. The highest BCUT2D eigenvalue weighted by atomic mass is 32.1. The van der Waals surface area contributed by atoms with E-state index in [4.69, 9.17) is 10.7 Å². The molecule has 170 valence electrons. The SMILES string of the molecule is Cc1cccc([C@H]2C(C#N)=C3N=C(N)c4c(sc5c4C4CCN5CC4)N3C3=C2C(=O)CCC3)c1. The topological polar surface area (TPSA) is 85.7 Å². The second kappa shape index (κ2) is 7.07. The summed E-state index contributed by atoms with van der Waals surface area (Å²) in [6, 6.07) is 10.6. The Morgan fingerprint density at radius 3 is 2.79 bits per heavy atom. The first-order chi connectivity index (χ1) is 16.6. The second-order valence-electron chi connectivity index (χ2n) is 9.93. The lowest BCUT2D eigenvalue weighted by Crippen LogP contribution is -2.40. The number of nitrogens with two attached hydrogens (primary N) is 1. The van der Waals surface area contributed by atoms with E-state index in [-0.39, 0.29) is 5.78 Å². The van der Waals surface area contributed by atoms with Crippen LogP contribution < -0.4 is 15.5 Å². The number of aliphatic imine (C=N–C) groups is 1. The van der Waals surface area contributed by atoms with Crippen LogP contribution in [0.3, 0.4) is 0 Å². The summed E-state index contributed by atoms with van der Waals surface area (Å²) in [7, 11) is 0. The fourth-order valence-corrected chi connectivity index (χ4v) is 8.01. The van der Waals surface area contributed by atoms with E-state index in [1.165, 1.54) is 10.6 Å². The third kappa shape index (κ3) is 2.55. The number of hydrogen-bond acceptors (Lipinski definition) is 7. The van der Waals surface area contributed by atoms with Crippen LogP contribution in [0.15, 0.2) is 51.9 Å². The van der Waals surface area contributed by atoms with Crippen molar-refractivity contribution in [2.24, 2.45) is 10.7 Å². The molecule has 1 atom stereocenters. The molecule has 6 nitrogen and oxygen atoms in total. The Morgan fingerprint density at radius 1 is 1.21 bits per heavy atom. The fourth-order valence-electron chi connectivity index (χ4n) is 6.53. The Balaban J connectivity index is 1.52. The van der Waals surface area contributed by atoms with Crippen molar-refractivity contribution in [2.45, 2.75) is 50.9 Å². The molecule has 1 fully saturated rings. The van der Waals surface area contributed by atoms with E-state index in [1.54, 1.807) is 11.3 Å². The van der Waals surface area contributed by atoms with Gasteiger partial charge < -0.3 is 10.6 Å². The van der Waals surface area contributed by atoms with Crippen molar-refractivity contribution in [3.63, 3.8) is 0 Å². The summed E-state index contributed by atoms with van der Waals surface area (Å²) in [5, 5.41) is 12.8. The summed E-state index contributed by atoms with van der Waals surface area (Å²) >= 11 is 1.76. The molecule has 0 amide bonds. The molecule has 1 saturated heterocycles. The van der Waals surface area contributed by atoms with Crippen molar-refractivity contribution in [2.75, 3.05) is 22.9 Å². The van der Waals surface area contributed by atoms with E-state index >= 15 is 0 Å². The molecule has 8 rings (SSSR count). The van der Waals surface area contributed by atoms with Gasteiger partial charge in [0.25, 0.3) is 0 Å². The molecule has 2 bridgehead atoms. The van der Waals surface area contributed by atoms with Crippen LogP contribution in [0.5, 0.6) is 0 Å². The van der Waals surface area contributed by atoms with Gasteiger partial charge in [-0.15, -0.1) is 0 Å². The van der Waals surface area contributed by atoms with E-state index in [0.717, 1.165) is 71.7 Å². The number of Topliss-reactive ketones (excluding diaryl/α,β-unsaturated/α-hetero) is 1. The predicted octanol–water partition coefficient (Wildman–Crippen LogP) is 4.82. The minimum atomic E-state index is -0.397. The van der Waals surface area contributed by atoms with Gasteiger partial charge in [0.2, 0.25) is 0 Å². The Kier molecular flexibility index (Phi) is 4.16. The molecule has 0 saturated carbocycles. The number of benzene rings is 1. The Labute approximate surface area is 202 Å². The van der Waals surface area contributed by atoms with Crippen LogP contribution in [-0.2, 0) is 4.79 Å². The third-order valence-electron chi connectivity index (χ3n) is 8.01. The maximum atomic E-state index is 13.4. The molecule has 1 aromatic heterocycles. The first kappa shape index (κ1) is 20.0. The Hall–Kier alpha value is -3.37. The zero-order valence-corrected chi connectivity index (χ0v) is 19.9. The molecular weight excluding hydrogens is 442 g/mol. The van der Waals surface area contributed by atoms with Crippen molar-refractivity contribution < 1.29 is 4.79 Å². The molecule has 6 aliphatic rings. The Morgan fingerprint density at radius 2 is 2.03 bits per heavy atom. The van der Waals surface area contributed by atoms with Crippen LogP contribution in [0.1, 0.15) is 66.2 Å².